The average Bonchev–Trinajstić information content (AvgIpc) is 2.67. The molecule has 5 heteroatoms. The van der Waals surface area contributed by atoms with Crippen molar-refractivity contribution in [2.75, 3.05) is 0 Å². The molecule has 2 rings (SSSR count). The smallest absolute Gasteiger partial charge is 0.307 e. The van der Waals surface area contributed by atoms with Gasteiger partial charge in [-0.3, -0.25) is 9.59 Å². The Morgan fingerprint density at radius 1 is 1.24 bits per heavy atom. The molecule has 0 saturated heterocycles. The first kappa shape index (κ1) is 15.0. The zero-order valence-electron chi connectivity index (χ0n) is 12.6. The molecule has 1 aliphatic rings. The highest BCUT2D eigenvalue weighted by molar-refractivity contribution is 6.01. The molecule has 0 bridgehead atoms. The first-order chi connectivity index (χ1) is 9.84. The second-order valence-electron chi connectivity index (χ2n) is 5.41. The third kappa shape index (κ3) is 2.86. The maximum Gasteiger partial charge on any atom is 0.307 e. The van der Waals surface area contributed by atoms with Gasteiger partial charge >= 0.3 is 5.97 Å². The van der Waals surface area contributed by atoms with Crippen molar-refractivity contribution in [1.82, 2.24) is 5.01 Å². The fourth-order valence-electron chi connectivity index (χ4n) is 1.97. The third-order valence-corrected chi connectivity index (χ3v) is 3.57. The minimum atomic E-state index is -0.472. The normalized spacial score (nSPS) is 18.6. The molecule has 0 atom stereocenters. The van der Waals surface area contributed by atoms with Crippen LogP contribution in [0.25, 0.3) is 0 Å². The average molecular weight is 286 g/mol. The Labute approximate surface area is 123 Å². The lowest BCUT2D eigenvalue weighted by Gasteiger charge is -2.23. The molecule has 1 aromatic rings. The number of benzene rings is 1. The lowest BCUT2D eigenvalue weighted by atomic mass is 9.86. The Bertz CT molecular complexity index is 630. The molecule has 0 N–H and O–H groups in total. The van der Waals surface area contributed by atoms with E-state index in [1.807, 2.05) is 26.8 Å². The minimum absolute atomic E-state index is 0.251. The summed E-state index contributed by atoms with van der Waals surface area (Å²) in [5, 5.41) is 5.62. The van der Waals surface area contributed by atoms with Gasteiger partial charge in [-0.1, -0.05) is 18.2 Å². The van der Waals surface area contributed by atoms with Crippen LogP contribution in [0.5, 0.6) is 0 Å². The van der Waals surface area contributed by atoms with E-state index in [4.69, 9.17) is 4.74 Å². The molecule has 21 heavy (non-hydrogen) atoms. The molecule has 0 aliphatic carbocycles. The summed E-state index contributed by atoms with van der Waals surface area (Å²) in [7, 11) is 0. The van der Waals surface area contributed by atoms with Crippen LogP contribution in [-0.2, 0) is 9.53 Å². The Balaban J connectivity index is 2.39. The molecule has 5 nitrogen and oxygen atoms in total. The predicted octanol–water partition coefficient (Wildman–Crippen LogP) is 2.95. The van der Waals surface area contributed by atoms with Crippen molar-refractivity contribution >= 4 is 17.6 Å². The van der Waals surface area contributed by atoms with Crippen molar-refractivity contribution in [2.45, 2.75) is 27.7 Å². The number of hydrazone groups is 1. The lowest BCUT2D eigenvalue weighted by Crippen LogP contribution is -2.29. The SMILES string of the molecule is CC(=O)O/C=C1/N(C(=O)c2ccccc2)N=C(C)C1(C)C. The zero-order chi connectivity index (χ0) is 15.6. The van der Waals surface area contributed by atoms with Crippen LogP contribution in [-0.4, -0.2) is 22.6 Å². The molecule has 1 aromatic carbocycles. The van der Waals surface area contributed by atoms with Gasteiger partial charge in [0.2, 0.25) is 0 Å². The summed E-state index contributed by atoms with van der Waals surface area (Å²) in [6.07, 6.45) is 1.31. The van der Waals surface area contributed by atoms with E-state index < -0.39 is 11.4 Å². The number of esters is 1. The van der Waals surface area contributed by atoms with E-state index in [2.05, 4.69) is 5.10 Å². The maximum atomic E-state index is 12.6. The molecule has 0 unspecified atom stereocenters. The second-order valence-corrected chi connectivity index (χ2v) is 5.41. The van der Waals surface area contributed by atoms with Crippen LogP contribution < -0.4 is 0 Å². The highest BCUT2D eigenvalue weighted by Crippen LogP contribution is 2.38. The fraction of sp³-hybridized carbons (Fsp3) is 0.312. The van der Waals surface area contributed by atoms with E-state index in [9.17, 15) is 9.59 Å². The van der Waals surface area contributed by atoms with Crippen LogP contribution in [0.1, 0.15) is 38.1 Å². The highest BCUT2D eigenvalue weighted by atomic mass is 16.5. The van der Waals surface area contributed by atoms with Crippen LogP contribution >= 0.6 is 0 Å². The van der Waals surface area contributed by atoms with Gasteiger partial charge in [-0.15, -0.1) is 0 Å². The van der Waals surface area contributed by atoms with Gasteiger partial charge < -0.3 is 4.74 Å². The van der Waals surface area contributed by atoms with Crippen LogP contribution in [0, 0.1) is 5.41 Å². The Morgan fingerprint density at radius 3 is 2.43 bits per heavy atom. The molecule has 0 spiro atoms. The van der Waals surface area contributed by atoms with Gasteiger partial charge in [0.15, 0.2) is 0 Å². The number of ether oxygens (including phenoxy) is 1. The predicted molar refractivity (Wildman–Crippen MR) is 79.4 cm³/mol. The van der Waals surface area contributed by atoms with E-state index in [0.29, 0.717) is 11.3 Å². The number of allylic oxidation sites excluding steroid dienone is 1. The van der Waals surface area contributed by atoms with Crippen LogP contribution in [0.3, 0.4) is 0 Å². The highest BCUT2D eigenvalue weighted by Gasteiger charge is 2.40. The zero-order valence-corrected chi connectivity index (χ0v) is 12.6. The molecule has 1 amide bonds. The number of nitrogens with zero attached hydrogens (tertiary/aromatic N) is 2. The van der Waals surface area contributed by atoms with Crippen molar-refractivity contribution in [3.63, 3.8) is 0 Å². The molecular weight excluding hydrogens is 268 g/mol. The number of hydrogen-bond donors (Lipinski definition) is 0. The topological polar surface area (TPSA) is 59.0 Å². The number of carbonyl (C=O) groups excluding carboxylic acids is 2. The Kier molecular flexibility index (Phi) is 3.93. The minimum Gasteiger partial charge on any atom is -0.433 e. The molecule has 0 radical (unpaired) electrons. The second kappa shape index (κ2) is 5.52. The Morgan fingerprint density at radius 2 is 1.86 bits per heavy atom. The van der Waals surface area contributed by atoms with E-state index in [1.54, 1.807) is 24.3 Å². The van der Waals surface area contributed by atoms with Gasteiger partial charge in [-0.2, -0.15) is 10.1 Å². The van der Waals surface area contributed by atoms with Crippen molar-refractivity contribution in [3.05, 3.63) is 47.9 Å². The van der Waals surface area contributed by atoms with Crippen molar-refractivity contribution in [3.8, 4) is 0 Å². The molecule has 0 fully saturated rings. The van der Waals surface area contributed by atoms with Gasteiger partial charge in [0, 0.05) is 18.2 Å². The summed E-state index contributed by atoms with van der Waals surface area (Å²) < 4.78 is 4.96. The van der Waals surface area contributed by atoms with Crippen LogP contribution in [0.2, 0.25) is 0 Å². The summed E-state index contributed by atoms with van der Waals surface area (Å²) in [4.78, 5) is 23.6. The first-order valence-corrected chi connectivity index (χ1v) is 6.67. The van der Waals surface area contributed by atoms with Crippen LogP contribution in [0.15, 0.2) is 47.4 Å². The van der Waals surface area contributed by atoms with Crippen molar-refractivity contribution in [2.24, 2.45) is 10.5 Å². The Hall–Kier alpha value is -2.43. The lowest BCUT2D eigenvalue weighted by molar-refractivity contribution is -0.135. The van der Waals surface area contributed by atoms with Crippen molar-refractivity contribution < 1.29 is 14.3 Å². The third-order valence-electron chi connectivity index (χ3n) is 3.57. The summed E-state index contributed by atoms with van der Waals surface area (Å²) in [6, 6.07) is 8.87. The summed E-state index contributed by atoms with van der Waals surface area (Å²) in [5.41, 5.74) is 1.38. The summed E-state index contributed by atoms with van der Waals surface area (Å²) in [5.74, 6) is -0.686. The van der Waals surface area contributed by atoms with Gasteiger partial charge in [0.25, 0.3) is 5.91 Å². The maximum absolute atomic E-state index is 12.6. The van der Waals surface area contributed by atoms with E-state index in [1.165, 1.54) is 18.2 Å². The number of carbonyl (C=O) groups is 2. The molecular formula is C16H18N2O3. The molecule has 1 heterocycles. The number of amides is 1. The van der Waals surface area contributed by atoms with E-state index >= 15 is 0 Å². The fourth-order valence-corrected chi connectivity index (χ4v) is 1.97. The van der Waals surface area contributed by atoms with E-state index in [0.717, 1.165) is 5.71 Å². The molecule has 1 aliphatic heterocycles. The first-order valence-electron chi connectivity index (χ1n) is 6.67. The summed E-state index contributed by atoms with van der Waals surface area (Å²) in [6.45, 7) is 7.02. The monoisotopic (exact) mass is 286 g/mol. The number of hydrogen-bond acceptors (Lipinski definition) is 4. The van der Waals surface area contributed by atoms with Crippen molar-refractivity contribution in [1.29, 1.82) is 0 Å². The van der Waals surface area contributed by atoms with E-state index in [-0.39, 0.29) is 5.91 Å². The quantitative estimate of drug-likeness (QED) is 0.620. The van der Waals surface area contributed by atoms with Crippen LogP contribution in [0.4, 0.5) is 0 Å². The largest absolute Gasteiger partial charge is 0.433 e. The standard InChI is InChI=1S/C16H18N2O3/c1-11-16(3,4)14(10-21-12(2)19)18(17-11)15(20)13-8-6-5-7-9-13/h5-10H,1-4H3/b14-10+. The molecule has 0 aromatic heterocycles. The molecule has 110 valence electrons. The van der Waals surface area contributed by atoms with Gasteiger partial charge in [0.1, 0.15) is 6.26 Å². The summed E-state index contributed by atoms with van der Waals surface area (Å²) >= 11 is 0. The number of rotatable bonds is 2. The van der Waals surface area contributed by atoms with Gasteiger partial charge in [0.05, 0.1) is 11.1 Å². The van der Waals surface area contributed by atoms with Gasteiger partial charge in [-0.25, -0.2) is 0 Å². The van der Waals surface area contributed by atoms with Gasteiger partial charge in [-0.05, 0) is 32.9 Å². The molecule has 0 saturated carbocycles.